The van der Waals surface area contributed by atoms with E-state index in [1.807, 2.05) is 67.6 Å². The van der Waals surface area contributed by atoms with Gasteiger partial charge in [-0.15, -0.1) is 6.58 Å². The summed E-state index contributed by atoms with van der Waals surface area (Å²) in [4.78, 5) is 30.3. The van der Waals surface area contributed by atoms with Gasteiger partial charge >= 0.3 is 0 Å². The number of amides is 1. The number of aromatic nitrogens is 4. The van der Waals surface area contributed by atoms with E-state index in [1.165, 1.54) is 11.8 Å². The third-order valence-corrected chi connectivity index (χ3v) is 6.29. The zero-order valence-corrected chi connectivity index (χ0v) is 18.9. The maximum atomic E-state index is 13.0. The van der Waals surface area contributed by atoms with Gasteiger partial charge in [-0.05, 0) is 31.2 Å². The third-order valence-electron chi connectivity index (χ3n) is 5.31. The number of carbonyl (C=O) groups is 1. The zero-order chi connectivity index (χ0) is 22.7. The van der Waals surface area contributed by atoms with Crippen LogP contribution < -0.4 is 10.9 Å². The molecule has 2 aromatic carbocycles. The van der Waals surface area contributed by atoms with Gasteiger partial charge in [-0.1, -0.05) is 48.2 Å². The van der Waals surface area contributed by atoms with E-state index in [4.69, 9.17) is 0 Å². The highest BCUT2D eigenvalue weighted by Gasteiger charge is 2.18. The minimum absolute atomic E-state index is 0.199. The molecule has 4 rings (SSSR count). The Labute approximate surface area is 190 Å². The van der Waals surface area contributed by atoms with Crippen LogP contribution in [0.15, 0.2) is 77.2 Å². The molecule has 0 atom stereocenters. The predicted octanol–water partition coefficient (Wildman–Crippen LogP) is 4.14. The molecule has 0 aliphatic heterocycles. The summed E-state index contributed by atoms with van der Waals surface area (Å²) >= 11 is 1.52. The number of para-hydroxylation sites is 3. The van der Waals surface area contributed by atoms with E-state index >= 15 is 0 Å². The van der Waals surface area contributed by atoms with Crippen molar-refractivity contribution < 1.29 is 4.79 Å². The van der Waals surface area contributed by atoms with Crippen molar-refractivity contribution in [1.29, 1.82) is 0 Å². The van der Waals surface area contributed by atoms with Crippen LogP contribution in [0.2, 0.25) is 0 Å². The quantitative estimate of drug-likeness (QED) is 0.325. The lowest BCUT2D eigenvalue weighted by Crippen LogP contribution is -2.23. The highest BCUT2D eigenvalue weighted by Crippen LogP contribution is 2.25. The molecule has 4 aromatic rings. The summed E-state index contributed by atoms with van der Waals surface area (Å²) < 4.78 is 5.39. The summed E-state index contributed by atoms with van der Waals surface area (Å²) in [6.45, 7) is 6.30. The van der Waals surface area contributed by atoms with Crippen LogP contribution in [0.4, 0.5) is 5.69 Å². The van der Waals surface area contributed by atoms with Crippen LogP contribution in [0.1, 0.15) is 12.1 Å². The monoisotopic (exact) mass is 447 g/mol. The van der Waals surface area contributed by atoms with Gasteiger partial charge in [-0.3, -0.25) is 14.3 Å². The fourth-order valence-corrected chi connectivity index (χ4v) is 4.58. The number of fused-ring (bicyclic) bond motifs is 1. The number of benzene rings is 2. The maximum Gasteiger partial charge on any atom is 0.295 e. The van der Waals surface area contributed by atoms with Crippen molar-refractivity contribution in [1.82, 2.24) is 18.9 Å². The molecule has 0 spiro atoms. The summed E-state index contributed by atoms with van der Waals surface area (Å²) in [6, 6.07) is 17.3. The highest BCUT2D eigenvalue weighted by molar-refractivity contribution is 7.99. The zero-order valence-electron chi connectivity index (χ0n) is 18.1. The van der Waals surface area contributed by atoms with Gasteiger partial charge in [0.25, 0.3) is 5.56 Å². The van der Waals surface area contributed by atoms with Crippen LogP contribution in [-0.4, -0.2) is 30.6 Å². The molecule has 1 N–H and O–H groups in total. The average Bonchev–Trinajstić information content (AvgIpc) is 3.24. The van der Waals surface area contributed by atoms with E-state index in [1.54, 1.807) is 16.4 Å². The SMILES string of the molecule is C=CCn1c(SCCC(=O)Nc2c(C)n(C)n(-c3ccccc3)c2=O)nc2ccccc21. The van der Waals surface area contributed by atoms with Crippen LogP contribution in [-0.2, 0) is 18.4 Å². The minimum Gasteiger partial charge on any atom is -0.320 e. The van der Waals surface area contributed by atoms with Crippen molar-refractivity contribution in [3.63, 3.8) is 0 Å². The van der Waals surface area contributed by atoms with E-state index in [-0.39, 0.29) is 17.9 Å². The van der Waals surface area contributed by atoms with Crippen LogP contribution in [0.25, 0.3) is 16.7 Å². The highest BCUT2D eigenvalue weighted by atomic mass is 32.2. The van der Waals surface area contributed by atoms with Crippen molar-refractivity contribution >= 4 is 34.4 Å². The van der Waals surface area contributed by atoms with Crippen molar-refractivity contribution in [3.05, 3.63) is 83.3 Å². The first-order chi connectivity index (χ1) is 15.5. The fraction of sp³-hybridized carbons (Fsp3) is 0.208. The van der Waals surface area contributed by atoms with Crippen LogP contribution in [0.5, 0.6) is 0 Å². The smallest absolute Gasteiger partial charge is 0.295 e. The summed E-state index contributed by atoms with van der Waals surface area (Å²) in [7, 11) is 1.80. The summed E-state index contributed by atoms with van der Waals surface area (Å²) in [6.07, 6.45) is 2.10. The Bertz CT molecular complexity index is 1330. The van der Waals surface area contributed by atoms with Gasteiger partial charge in [0.05, 0.1) is 22.4 Å². The normalized spacial score (nSPS) is 11.1. The average molecular weight is 448 g/mol. The Balaban J connectivity index is 1.46. The number of anilines is 1. The molecule has 0 aliphatic carbocycles. The number of hydrogen-bond donors (Lipinski definition) is 1. The van der Waals surface area contributed by atoms with Gasteiger partial charge in [0, 0.05) is 25.8 Å². The lowest BCUT2D eigenvalue weighted by atomic mass is 10.3. The number of nitrogens with one attached hydrogen (secondary N) is 1. The van der Waals surface area contributed by atoms with Gasteiger partial charge in [0.2, 0.25) is 5.91 Å². The summed E-state index contributed by atoms with van der Waals surface area (Å²) in [5, 5.41) is 3.66. The molecule has 0 aliphatic rings. The Morgan fingerprint density at radius 2 is 1.88 bits per heavy atom. The van der Waals surface area contributed by atoms with Gasteiger partial charge in [-0.2, -0.15) is 0 Å². The first-order valence-corrected chi connectivity index (χ1v) is 11.3. The van der Waals surface area contributed by atoms with Gasteiger partial charge in [0.1, 0.15) is 5.69 Å². The van der Waals surface area contributed by atoms with Crippen LogP contribution in [0, 0.1) is 6.92 Å². The maximum absolute atomic E-state index is 13.0. The Kier molecular flexibility index (Phi) is 6.32. The fourth-order valence-electron chi connectivity index (χ4n) is 3.62. The molecule has 2 heterocycles. The van der Waals surface area contributed by atoms with E-state index in [0.29, 0.717) is 23.7 Å². The lowest BCUT2D eigenvalue weighted by molar-refractivity contribution is -0.115. The molecule has 0 saturated heterocycles. The second kappa shape index (κ2) is 9.32. The molecule has 2 aromatic heterocycles. The summed E-state index contributed by atoms with van der Waals surface area (Å²) in [5.74, 6) is 0.348. The second-order valence-electron chi connectivity index (χ2n) is 7.37. The first kappa shape index (κ1) is 21.7. The Hall–Kier alpha value is -3.52. The standard InChI is InChI=1S/C24H25N5O2S/c1-4-15-28-20-13-9-8-12-19(20)25-24(28)32-16-14-21(30)26-22-17(2)27(3)29(23(22)31)18-10-6-5-7-11-18/h4-13H,1,14-16H2,2-3H3,(H,26,30). The molecule has 0 radical (unpaired) electrons. The molecule has 164 valence electrons. The number of hydrogen-bond acceptors (Lipinski definition) is 4. The first-order valence-electron chi connectivity index (χ1n) is 10.3. The molecule has 0 bridgehead atoms. The predicted molar refractivity (Wildman–Crippen MR) is 130 cm³/mol. The van der Waals surface area contributed by atoms with Crippen molar-refractivity contribution in [2.24, 2.45) is 7.05 Å². The number of carbonyl (C=O) groups excluding carboxylic acids is 1. The number of allylic oxidation sites excluding steroid dienone is 1. The molecule has 7 nitrogen and oxygen atoms in total. The van der Waals surface area contributed by atoms with Crippen molar-refractivity contribution in [2.45, 2.75) is 25.0 Å². The van der Waals surface area contributed by atoms with E-state index in [9.17, 15) is 9.59 Å². The lowest BCUT2D eigenvalue weighted by Gasteiger charge is -2.07. The van der Waals surface area contributed by atoms with E-state index in [2.05, 4.69) is 21.4 Å². The number of imidazole rings is 1. The van der Waals surface area contributed by atoms with Crippen molar-refractivity contribution in [2.75, 3.05) is 11.1 Å². The van der Waals surface area contributed by atoms with E-state index in [0.717, 1.165) is 21.9 Å². The number of nitrogens with zero attached hydrogens (tertiary/aromatic N) is 4. The number of thioether (sulfide) groups is 1. The molecular formula is C24H25N5O2S. The Morgan fingerprint density at radius 1 is 1.16 bits per heavy atom. The van der Waals surface area contributed by atoms with Crippen LogP contribution in [0.3, 0.4) is 0 Å². The molecular weight excluding hydrogens is 422 g/mol. The van der Waals surface area contributed by atoms with Crippen LogP contribution >= 0.6 is 11.8 Å². The molecule has 1 amide bonds. The molecule has 0 saturated carbocycles. The van der Waals surface area contributed by atoms with Gasteiger partial charge in [-0.25, -0.2) is 9.67 Å². The molecule has 0 unspecified atom stereocenters. The van der Waals surface area contributed by atoms with Gasteiger partial charge in [0.15, 0.2) is 5.16 Å². The molecule has 0 fully saturated rings. The molecule has 8 heteroatoms. The topological polar surface area (TPSA) is 73.8 Å². The van der Waals surface area contributed by atoms with Gasteiger partial charge < -0.3 is 9.88 Å². The minimum atomic E-state index is -0.245. The van der Waals surface area contributed by atoms with Crippen molar-refractivity contribution in [3.8, 4) is 5.69 Å². The Morgan fingerprint density at radius 3 is 2.62 bits per heavy atom. The largest absolute Gasteiger partial charge is 0.320 e. The molecule has 32 heavy (non-hydrogen) atoms. The summed E-state index contributed by atoms with van der Waals surface area (Å²) in [5.41, 5.74) is 3.48. The third kappa shape index (κ3) is 4.13. The second-order valence-corrected chi connectivity index (χ2v) is 8.43. The number of rotatable bonds is 8. The van der Waals surface area contributed by atoms with E-state index < -0.39 is 0 Å².